The molecular formula is C8H15N. The van der Waals surface area contributed by atoms with Gasteiger partial charge in [0.15, 0.2) is 0 Å². The van der Waals surface area contributed by atoms with E-state index in [4.69, 9.17) is 0 Å². The van der Waals surface area contributed by atoms with Gasteiger partial charge in [0.1, 0.15) is 0 Å². The zero-order valence-electron chi connectivity index (χ0n) is 6.06. The van der Waals surface area contributed by atoms with Crippen molar-refractivity contribution in [2.45, 2.75) is 32.2 Å². The molecule has 1 N–H and O–H groups in total. The van der Waals surface area contributed by atoms with Crippen molar-refractivity contribution in [3.8, 4) is 0 Å². The van der Waals surface area contributed by atoms with Crippen LogP contribution in [0, 0.1) is 11.8 Å². The summed E-state index contributed by atoms with van der Waals surface area (Å²) in [6.45, 7) is 3.62. The standard InChI is InChI=1S/C8H15N/c1-2-7-3-6-4-8(7)9-5-6/h6-9H,2-5H2,1H3/t6-,7-,8-/m0/s1. The van der Waals surface area contributed by atoms with Crippen LogP contribution in [0.3, 0.4) is 0 Å². The molecule has 52 valence electrons. The van der Waals surface area contributed by atoms with Crippen LogP contribution in [0.25, 0.3) is 0 Å². The van der Waals surface area contributed by atoms with Crippen molar-refractivity contribution in [3.63, 3.8) is 0 Å². The fraction of sp³-hybridized carbons (Fsp3) is 1.00. The Labute approximate surface area is 56.8 Å². The number of piperidine rings is 1. The molecule has 1 saturated heterocycles. The van der Waals surface area contributed by atoms with Gasteiger partial charge in [-0.25, -0.2) is 0 Å². The smallest absolute Gasteiger partial charge is 0.00985 e. The molecule has 1 heteroatoms. The number of hydrogen-bond acceptors (Lipinski definition) is 1. The van der Waals surface area contributed by atoms with E-state index in [0.717, 1.165) is 17.9 Å². The van der Waals surface area contributed by atoms with Crippen molar-refractivity contribution >= 4 is 0 Å². The van der Waals surface area contributed by atoms with Gasteiger partial charge in [-0.1, -0.05) is 13.3 Å². The molecule has 0 amide bonds. The maximum atomic E-state index is 3.56. The van der Waals surface area contributed by atoms with Crippen molar-refractivity contribution in [3.05, 3.63) is 0 Å². The summed E-state index contributed by atoms with van der Waals surface area (Å²) < 4.78 is 0. The van der Waals surface area contributed by atoms with Gasteiger partial charge < -0.3 is 5.32 Å². The number of nitrogens with one attached hydrogen (secondary N) is 1. The average Bonchev–Trinajstić information content (AvgIpc) is 2.45. The molecule has 2 bridgehead atoms. The molecular weight excluding hydrogens is 110 g/mol. The van der Waals surface area contributed by atoms with Crippen molar-refractivity contribution in [1.29, 1.82) is 0 Å². The van der Waals surface area contributed by atoms with Crippen LogP contribution in [0.5, 0.6) is 0 Å². The molecule has 0 radical (unpaired) electrons. The Morgan fingerprint density at radius 2 is 2.33 bits per heavy atom. The first-order chi connectivity index (χ1) is 4.40. The van der Waals surface area contributed by atoms with Crippen LogP contribution < -0.4 is 5.32 Å². The van der Waals surface area contributed by atoms with E-state index < -0.39 is 0 Å². The highest BCUT2D eigenvalue weighted by atomic mass is 15.0. The van der Waals surface area contributed by atoms with Gasteiger partial charge in [0.25, 0.3) is 0 Å². The third-order valence-electron chi connectivity index (χ3n) is 2.99. The molecule has 2 rings (SSSR count). The highest BCUT2D eigenvalue weighted by Crippen LogP contribution is 2.37. The summed E-state index contributed by atoms with van der Waals surface area (Å²) in [5, 5.41) is 3.56. The molecule has 1 aliphatic carbocycles. The molecule has 1 saturated carbocycles. The summed E-state index contributed by atoms with van der Waals surface area (Å²) in [4.78, 5) is 0. The Balaban J connectivity index is 2.01. The second kappa shape index (κ2) is 1.98. The zero-order chi connectivity index (χ0) is 6.27. The van der Waals surface area contributed by atoms with Gasteiger partial charge in [0.05, 0.1) is 0 Å². The normalized spacial score (nSPS) is 48.3. The Morgan fingerprint density at radius 1 is 1.44 bits per heavy atom. The van der Waals surface area contributed by atoms with Crippen molar-refractivity contribution in [2.24, 2.45) is 11.8 Å². The Kier molecular flexibility index (Phi) is 1.26. The van der Waals surface area contributed by atoms with Crippen molar-refractivity contribution < 1.29 is 0 Å². The quantitative estimate of drug-likeness (QED) is 0.558. The lowest BCUT2D eigenvalue weighted by Gasteiger charge is -2.20. The minimum Gasteiger partial charge on any atom is -0.313 e. The highest BCUT2D eigenvalue weighted by Gasteiger charge is 2.37. The largest absolute Gasteiger partial charge is 0.313 e. The van der Waals surface area contributed by atoms with E-state index >= 15 is 0 Å². The van der Waals surface area contributed by atoms with Crippen molar-refractivity contribution in [1.82, 2.24) is 5.32 Å². The predicted molar refractivity (Wildman–Crippen MR) is 38.3 cm³/mol. The predicted octanol–water partition coefficient (Wildman–Crippen LogP) is 1.39. The molecule has 1 nitrogen and oxygen atoms in total. The van der Waals surface area contributed by atoms with Gasteiger partial charge in [-0.2, -0.15) is 0 Å². The maximum Gasteiger partial charge on any atom is 0.00985 e. The van der Waals surface area contributed by atoms with Crippen LogP contribution in [0.15, 0.2) is 0 Å². The molecule has 0 aromatic carbocycles. The van der Waals surface area contributed by atoms with Crippen LogP contribution in [-0.2, 0) is 0 Å². The minimum absolute atomic E-state index is 0.903. The first kappa shape index (κ1) is 5.72. The molecule has 2 fully saturated rings. The van der Waals surface area contributed by atoms with E-state index in [1.165, 1.54) is 25.8 Å². The summed E-state index contributed by atoms with van der Waals surface area (Å²) in [5.74, 6) is 2.06. The van der Waals surface area contributed by atoms with Gasteiger partial charge in [-0.05, 0) is 31.2 Å². The Morgan fingerprint density at radius 3 is 2.67 bits per heavy atom. The summed E-state index contributed by atoms with van der Waals surface area (Å²) in [7, 11) is 0. The monoisotopic (exact) mass is 125 g/mol. The zero-order valence-corrected chi connectivity index (χ0v) is 6.06. The third kappa shape index (κ3) is 0.787. The highest BCUT2D eigenvalue weighted by molar-refractivity contribution is 4.94. The van der Waals surface area contributed by atoms with Gasteiger partial charge in [-0.3, -0.25) is 0 Å². The third-order valence-corrected chi connectivity index (χ3v) is 2.99. The van der Waals surface area contributed by atoms with Gasteiger partial charge in [0.2, 0.25) is 0 Å². The molecule has 3 atom stereocenters. The van der Waals surface area contributed by atoms with Crippen LogP contribution in [0.1, 0.15) is 26.2 Å². The fourth-order valence-electron chi connectivity index (χ4n) is 2.43. The van der Waals surface area contributed by atoms with E-state index in [1.807, 2.05) is 0 Å². The molecule has 1 aliphatic heterocycles. The molecule has 0 aromatic rings. The maximum absolute atomic E-state index is 3.56. The lowest BCUT2D eigenvalue weighted by atomic mass is 9.97. The SMILES string of the molecule is CC[C@H]1C[C@@H]2CN[C@H]1C2. The summed E-state index contributed by atoms with van der Waals surface area (Å²) in [5.41, 5.74) is 0. The van der Waals surface area contributed by atoms with Crippen LogP contribution in [0.4, 0.5) is 0 Å². The summed E-state index contributed by atoms with van der Waals surface area (Å²) in [6, 6.07) is 0.903. The van der Waals surface area contributed by atoms with Gasteiger partial charge in [0, 0.05) is 6.04 Å². The topological polar surface area (TPSA) is 12.0 Å². The van der Waals surface area contributed by atoms with E-state index in [0.29, 0.717) is 0 Å². The summed E-state index contributed by atoms with van der Waals surface area (Å²) in [6.07, 6.45) is 4.36. The first-order valence-corrected chi connectivity index (χ1v) is 4.13. The average molecular weight is 125 g/mol. The van der Waals surface area contributed by atoms with Crippen molar-refractivity contribution in [2.75, 3.05) is 6.54 Å². The van der Waals surface area contributed by atoms with Gasteiger partial charge >= 0.3 is 0 Å². The first-order valence-electron chi connectivity index (χ1n) is 4.13. The Hall–Kier alpha value is -0.0400. The lowest BCUT2D eigenvalue weighted by Crippen LogP contribution is -2.32. The molecule has 1 heterocycles. The van der Waals surface area contributed by atoms with Gasteiger partial charge in [-0.15, -0.1) is 0 Å². The van der Waals surface area contributed by atoms with Crippen LogP contribution in [-0.4, -0.2) is 12.6 Å². The molecule has 0 aromatic heterocycles. The molecule has 2 aliphatic rings. The molecule has 0 spiro atoms. The van der Waals surface area contributed by atoms with E-state index in [1.54, 1.807) is 0 Å². The van der Waals surface area contributed by atoms with E-state index in [9.17, 15) is 0 Å². The second-order valence-corrected chi connectivity index (χ2v) is 3.52. The van der Waals surface area contributed by atoms with Crippen LogP contribution >= 0.6 is 0 Å². The minimum atomic E-state index is 0.903. The lowest BCUT2D eigenvalue weighted by molar-refractivity contribution is 0.356. The number of rotatable bonds is 1. The van der Waals surface area contributed by atoms with E-state index in [-0.39, 0.29) is 0 Å². The number of hydrogen-bond donors (Lipinski definition) is 1. The summed E-state index contributed by atoms with van der Waals surface area (Å²) >= 11 is 0. The Bertz CT molecular complexity index is 111. The van der Waals surface area contributed by atoms with E-state index in [2.05, 4.69) is 12.2 Å². The second-order valence-electron chi connectivity index (χ2n) is 3.52. The fourth-order valence-corrected chi connectivity index (χ4v) is 2.43. The van der Waals surface area contributed by atoms with Crippen LogP contribution in [0.2, 0.25) is 0 Å². The molecule has 9 heavy (non-hydrogen) atoms. The molecule has 0 unspecified atom stereocenters. The number of fused-ring (bicyclic) bond motifs is 2.